The zero-order valence-electron chi connectivity index (χ0n) is 19.3. The van der Waals surface area contributed by atoms with E-state index in [0.29, 0.717) is 31.4 Å². The van der Waals surface area contributed by atoms with E-state index in [-0.39, 0.29) is 5.91 Å². The molecule has 1 aromatic heterocycles. The van der Waals surface area contributed by atoms with Gasteiger partial charge in [0, 0.05) is 37.8 Å². The van der Waals surface area contributed by atoms with Gasteiger partial charge in [-0.05, 0) is 54.7 Å². The van der Waals surface area contributed by atoms with E-state index in [0.717, 1.165) is 48.3 Å². The predicted molar refractivity (Wildman–Crippen MR) is 147 cm³/mol. The van der Waals surface area contributed by atoms with Crippen molar-refractivity contribution in [2.75, 3.05) is 38.1 Å². The molecule has 2 aliphatic heterocycles. The van der Waals surface area contributed by atoms with Crippen molar-refractivity contribution in [2.45, 2.75) is 0 Å². The molecule has 0 radical (unpaired) electrons. The number of nitrogens with zero attached hydrogens (tertiary/aromatic N) is 4. The van der Waals surface area contributed by atoms with Gasteiger partial charge in [0.25, 0.3) is 11.8 Å². The van der Waals surface area contributed by atoms with Gasteiger partial charge in [0.15, 0.2) is 5.17 Å². The lowest BCUT2D eigenvalue weighted by molar-refractivity contribution is -0.115. The van der Waals surface area contributed by atoms with Crippen LogP contribution in [0.25, 0.3) is 17.0 Å². The van der Waals surface area contributed by atoms with E-state index in [1.807, 2.05) is 18.2 Å². The molecule has 2 amide bonds. The zero-order valence-corrected chi connectivity index (χ0v) is 21.6. The van der Waals surface area contributed by atoms with Crippen molar-refractivity contribution in [1.29, 1.82) is 0 Å². The Morgan fingerprint density at radius 1 is 1.17 bits per heavy atom. The number of para-hydroxylation sites is 1. The standard InChI is InChI=1S/C25H22Cl2N6O2S/c1-32-7-9-33(10-8-32)22-15-11-14(5-6-19(15)29-13-16(22)23(28)34)12-20-24(35)31-25(36-20)30-21-17(26)3-2-4-18(21)27/h2-6,11-13H,7-10H2,1H3,(H2,28,34)(H,30,31,35). The number of carbonyl (C=O) groups is 2. The highest BCUT2D eigenvalue weighted by atomic mass is 35.5. The van der Waals surface area contributed by atoms with Gasteiger partial charge in [0.05, 0.1) is 31.7 Å². The van der Waals surface area contributed by atoms with Crippen LogP contribution in [0.4, 0.5) is 11.4 Å². The number of aliphatic imine (C=N–C) groups is 1. The summed E-state index contributed by atoms with van der Waals surface area (Å²) >= 11 is 13.6. The van der Waals surface area contributed by atoms with Crippen LogP contribution in [0.5, 0.6) is 0 Å². The average molecular weight is 541 g/mol. The Balaban J connectivity index is 1.52. The normalized spacial score (nSPS) is 18.9. The molecule has 36 heavy (non-hydrogen) atoms. The van der Waals surface area contributed by atoms with Gasteiger partial charge in [-0.25, -0.2) is 4.99 Å². The Kier molecular flexibility index (Phi) is 6.90. The fourth-order valence-corrected chi connectivity index (χ4v) is 5.48. The number of rotatable bonds is 4. The number of pyridine rings is 1. The Morgan fingerprint density at radius 2 is 1.89 bits per heavy atom. The SMILES string of the molecule is CN1CCN(c2c(C(N)=O)cnc3ccc(C=C4SC(=Nc5c(Cl)cccc5Cl)NC4=O)cc23)CC1. The summed E-state index contributed by atoms with van der Waals surface area (Å²) < 4.78 is 0. The second-order valence-electron chi connectivity index (χ2n) is 8.50. The highest BCUT2D eigenvalue weighted by molar-refractivity contribution is 8.18. The number of primary amides is 1. The summed E-state index contributed by atoms with van der Waals surface area (Å²) in [6, 6.07) is 10.8. The number of halogens is 2. The summed E-state index contributed by atoms with van der Waals surface area (Å²) in [7, 11) is 2.07. The minimum absolute atomic E-state index is 0.273. The number of fused-ring (bicyclic) bond motifs is 1. The molecule has 5 rings (SSSR count). The monoisotopic (exact) mass is 540 g/mol. The van der Waals surface area contributed by atoms with Crippen LogP contribution in [-0.2, 0) is 4.79 Å². The van der Waals surface area contributed by atoms with Gasteiger partial charge in [-0.15, -0.1) is 0 Å². The summed E-state index contributed by atoms with van der Waals surface area (Å²) in [4.78, 5) is 38.7. The van der Waals surface area contributed by atoms with Gasteiger partial charge >= 0.3 is 0 Å². The fraction of sp³-hybridized carbons (Fsp3) is 0.200. The number of carbonyl (C=O) groups excluding carboxylic acids is 2. The number of hydrogen-bond acceptors (Lipinski definition) is 7. The first-order chi connectivity index (χ1) is 17.3. The molecule has 3 aromatic rings. The molecule has 8 nitrogen and oxygen atoms in total. The lowest BCUT2D eigenvalue weighted by Crippen LogP contribution is -2.45. The Labute approximate surface area is 222 Å². The number of nitrogens with one attached hydrogen (secondary N) is 1. The van der Waals surface area contributed by atoms with Crippen LogP contribution >= 0.6 is 35.0 Å². The molecule has 0 aliphatic carbocycles. The van der Waals surface area contributed by atoms with Gasteiger partial charge < -0.3 is 20.9 Å². The quantitative estimate of drug-likeness (QED) is 0.478. The van der Waals surface area contributed by atoms with Crippen molar-refractivity contribution in [3.05, 3.63) is 68.7 Å². The number of amides is 2. The third kappa shape index (κ3) is 4.92. The van der Waals surface area contributed by atoms with E-state index < -0.39 is 5.91 Å². The van der Waals surface area contributed by atoms with Gasteiger partial charge in [0.2, 0.25) is 0 Å². The lowest BCUT2D eigenvalue weighted by atomic mass is 10.0. The number of benzene rings is 2. The van der Waals surface area contributed by atoms with Crippen molar-refractivity contribution >= 4 is 80.3 Å². The average Bonchev–Trinajstić information content (AvgIpc) is 3.19. The Morgan fingerprint density at radius 3 is 2.58 bits per heavy atom. The zero-order chi connectivity index (χ0) is 25.4. The number of piperazine rings is 1. The molecule has 2 aromatic carbocycles. The summed E-state index contributed by atoms with van der Waals surface area (Å²) in [5.74, 6) is -0.794. The second kappa shape index (κ2) is 10.1. The maximum absolute atomic E-state index is 12.7. The maximum Gasteiger partial charge on any atom is 0.264 e. The summed E-state index contributed by atoms with van der Waals surface area (Å²) in [6.07, 6.45) is 3.32. The summed E-state index contributed by atoms with van der Waals surface area (Å²) in [5.41, 5.74) is 8.81. The smallest absolute Gasteiger partial charge is 0.264 e. The first-order valence-corrected chi connectivity index (χ1v) is 12.8. The van der Waals surface area contributed by atoms with Gasteiger partial charge in [-0.2, -0.15) is 0 Å². The highest BCUT2D eigenvalue weighted by Gasteiger charge is 2.25. The molecular formula is C25H22Cl2N6O2S. The van der Waals surface area contributed by atoms with Crippen molar-refractivity contribution in [1.82, 2.24) is 15.2 Å². The third-order valence-corrected chi connectivity index (χ3v) is 7.57. The van der Waals surface area contributed by atoms with Crippen molar-refractivity contribution in [3.63, 3.8) is 0 Å². The fourth-order valence-electron chi connectivity index (χ4n) is 4.17. The number of aromatic nitrogens is 1. The van der Waals surface area contributed by atoms with E-state index >= 15 is 0 Å². The van der Waals surface area contributed by atoms with E-state index in [1.54, 1.807) is 30.5 Å². The molecule has 2 aliphatic rings. The van der Waals surface area contributed by atoms with Gasteiger partial charge in [0.1, 0.15) is 5.69 Å². The van der Waals surface area contributed by atoms with Crippen LogP contribution < -0.4 is 16.0 Å². The number of nitrogens with two attached hydrogens (primary N) is 1. The first kappa shape index (κ1) is 24.6. The minimum Gasteiger partial charge on any atom is -0.368 e. The van der Waals surface area contributed by atoms with Crippen LogP contribution in [0.2, 0.25) is 10.0 Å². The second-order valence-corrected chi connectivity index (χ2v) is 10.3. The van der Waals surface area contributed by atoms with Crippen LogP contribution in [-0.4, -0.2) is 60.1 Å². The van der Waals surface area contributed by atoms with Gasteiger partial charge in [-0.1, -0.05) is 35.3 Å². The summed E-state index contributed by atoms with van der Waals surface area (Å²) in [5, 5.41) is 4.74. The lowest BCUT2D eigenvalue weighted by Gasteiger charge is -2.35. The molecule has 11 heteroatoms. The number of likely N-dealkylation sites (N-methyl/N-ethyl adjacent to an activating group) is 1. The van der Waals surface area contributed by atoms with Crippen LogP contribution in [0.15, 0.2) is 52.5 Å². The molecular weight excluding hydrogens is 519 g/mol. The van der Waals surface area contributed by atoms with E-state index in [4.69, 9.17) is 28.9 Å². The first-order valence-electron chi connectivity index (χ1n) is 11.2. The van der Waals surface area contributed by atoms with Crippen LogP contribution in [0.3, 0.4) is 0 Å². The molecule has 3 N–H and O–H groups in total. The van der Waals surface area contributed by atoms with Crippen LogP contribution in [0.1, 0.15) is 15.9 Å². The molecule has 0 unspecified atom stereocenters. The Bertz CT molecular complexity index is 1430. The Hall–Kier alpha value is -3.11. The maximum atomic E-state index is 12.7. The van der Waals surface area contributed by atoms with Crippen molar-refractivity contribution < 1.29 is 9.59 Å². The molecule has 3 heterocycles. The molecule has 0 spiro atoms. The number of anilines is 1. The molecule has 0 saturated carbocycles. The van der Waals surface area contributed by atoms with E-state index in [2.05, 4.69) is 32.1 Å². The van der Waals surface area contributed by atoms with E-state index in [9.17, 15) is 9.59 Å². The van der Waals surface area contributed by atoms with Gasteiger partial charge in [-0.3, -0.25) is 14.6 Å². The molecule has 184 valence electrons. The number of amidine groups is 1. The van der Waals surface area contributed by atoms with Crippen molar-refractivity contribution in [3.8, 4) is 0 Å². The third-order valence-electron chi connectivity index (χ3n) is 6.05. The molecule has 2 fully saturated rings. The largest absolute Gasteiger partial charge is 0.368 e. The van der Waals surface area contributed by atoms with Crippen LogP contribution in [0, 0.1) is 0 Å². The summed E-state index contributed by atoms with van der Waals surface area (Å²) in [6.45, 7) is 3.29. The predicted octanol–water partition coefficient (Wildman–Crippen LogP) is 4.28. The number of thioether (sulfide) groups is 1. The topological polar surface area (TPSA) is 104 Å². The molecule has 0 atom stereocenters. The molecule has 2 saturated heterocycles. The minimum atomic E-state index is -0.521. The molecule has 0 bridgehead atoms. The van der Waals surface area contributed by atoms with Crippen molar-refractivity contribution in [2.24, 2.45) is 10.7 Å². The van der Waals surface area contributed by atoms with E-state index in [1.165, 1.54) is 11.8 Å². The number of hydrogen-bond donors (Lipinski definition) is 2. The highest BCUT2D eigenvalue weighted by Crippen LogP contribution is 2.36.